The third-order valence-corrected chi connectivity index (χ3v) is 3.84. The Bertz CT molecular complexity index is 507. The van der Waals surface area contributed by atoms with Crippen LogP contribution in [0.3, 0.4) is 0 Å². The van der Waals surface area contributed by atoms with Crippen LogP contribution in [0.25, 0.3) is 0 Å². The van der Waals surface area contributed by atoms with Crippen LogP contribution >= 0.6 is 0 Å². The van der Waals surface area contributed by atoms with Gasteiger partial charge in [0, 0.05) is 33.2 Å². The third kappa shape index (κ3) is 4.84. The minimum atomic E-state index is -0.317. The van der Waals surface area contributed by atoms with Gasteiger partial charge in [-0.1, -0.05) is 29.8 Å². The molecule has 120 valence electrons. The molecular formula is C17H24N2O3. The second-order valence-corrected chi connectivity index (χ2v) is 5.72. The Morgan fingerprint density at radius 1 is 1.32 bits per heavy atom. The summed E-state index contributed by atoms with van der Waals surface area (Å²) in [4.78, 5) is 25.3. The van der Waals surface area contributed by atoms with Gasteiger partial charge in [-0.3, -0.25) is 9.59 Å². The van der Waals surface area contributed by atoms with Crippen LogP contribution in [0.15, 0.2) is 24.3 Å². The SMILES string of the molecule is CC(=O)N(CCNC(=O)C1CCCO1)Cc1ccc(C)cc1. The van der Waals surface area contributed by atoms with E-state index in [1.807, 2.05) is 31.2 Å². The summed E-state index contributed by atoms with van der Waals surface area (Å²) in [6.07, 6.45) is 1.40. The first-order valence-electron chi connectivity index (χ1n) is 7.76. The van der Waals surface area contributed by atoms with E-state index in [1.54, 1.807) is 11.8 Å². The third-order valence-electron chi connectivity index (χ3n) is 3.84. The zero-order valence-corrected chi connectivity index (χ0v) is 13.3. The van der Waals surface area contributed by atoms with Crippen molar-refractivity contribution in [2.24, 2.45) is 0 Å². The summed E-state index contributed by atoms with van der Waals surface area (Å²) in [6, 6.07) is 8.12. The molecule has 1 aromatic carbocycles. The van der Waals surface area contributed by atoms with Crippen molar-refractivity contribution < 1.29 is 14.3 Å². The van der Waals surface area contributed by atoms with E-state index in [-0.39, 0.29) is 17.9 Å². The molecule has 0 aliphatic carbocycles. The molecular weight excluding hydrogens is 280 g/mol. The molecule has 2 rings (SSSR count). The van der Waals surface area contributed by atoms with Crippen LogP contribution in [0.5, 0.6) is 0 Å². The first kappa shape index (κ1) is 16.5. The van der Waals surface area contributed by atoms with E-state index >= 15 is 0 Å². The molecule has 1 unspecified atom stereocenters. The number of rotatable bonds is 6. The number of nitrogens with one attached hydrogen (secondary N) is 1. The molecule has 1 saturated heterocycles. The molecule has 1 aromatic rings. The second-order valence-electron chi connectivity index (χ2n) is 5.72. The standard InChI is InChI=1S/C17H24N2O3/c1-13-5-7-15(8-6-13)12-19(14(2)20)10-9-18-17(21)16-4-3-11-22-16/h5-8,16H,3-4,9-12H2,1-2H3,(H,18,21). The predicted molar refractivity (Wildman–Crippen MR) is 84.3 cm³/mol. The lowest BCUT2D eigenvalue weighted by molar-refractivity contribution is -0.132. The minimum absolute atomic E-state index is 0.00643. The van der Waals surface area contributed by atoms with Crippen molar-refractivity contribution in [3.63, 3.8) is 0 Å². The fourth-order valence-corrected chi connectivity index (χ4v) is 2.47. The number of carbonyl (C=O) groups is 2. The topological polar surface area (TPSA) is 58.6 Å². The normalized spacial score (nSPS) is 17.3. The van der Waals surface area contributed by atoms with Crippen LogP contribution in [0.2, 0.25) is 0 Å². The maximum atomic E-state index is 11.9. The van der Waals surface area contributed by atoms with Crippen LogP contribution in [0.1, 0.15) is 30.9 Å². The summed E-state index contributed by atoms with van der Waals surface area (Å²) in [5, 5.41) is 2.85. The van der Waals surface area contributed by atoms with Gasteiger partial charge in [0.2, 0.25) is 11.8 Å². The van der Waals surface area contributed by atoms with Gasteiger partial charge in [0.05, 0.1) is 0 Å². The lowest BCUT2D eigenvalue weighted by Crippen LogP contribution is -2.40. The molecule has 0 saturated carbocycles. The van der Waals surface area contributed by atoms with Crippen LogP contribution in [0.4, 0.5) is 0 Å². The lowest BCUT2D eigenvalue weighted by Gasteiger charge is -2.22. The van der Waals surface area contributed by atoms with Gasteiger partial charge in [-0.25, -0.2) is 0 Å². The monoisotopic (exact) mass is 304 g/mol. The zero-order chi connectivity index (χ0) is 15.9. The highest BCUT2D eigenvalue weighted by atomic mass is 16.5. The van der Waals surface area contributed by atoms with E-state index in [2.05, 4.69) is 5.32 Å². The summed E-state index contributed by atoms with van der Waals surface area (Å²) in [7, 11) is 0. The number of aryl methyl sites for hydroxylation is 1. The molecule has 0 aromatic heterocycles. The van der Waals surface area contributed by atoms with Crippen molar-refractivity contribution in [1.29, 1.82) is 0 Å². The van der Waals surface area contributed by atoms with Crippen LogP contribution < -0.4 is 5.32 Å². The van der Waals surface area contributed by atoms with Gasteiger partial charge < -0.3 is 15.0 Å². The molecule has 1 aliphatic rings. The zero-order valence-electron chi connectivity index (χ0n) is 13.3. The summed E-state index contributed by atoms with van der Waals surface area (Å²) in [6.45, 7) is 5.76. The Balaban J connectivity index is 1.80. The van der Waals surface area contributed by atoms with Gasteiger partial charge >= 0.3 is 0 Å². The highest BCUT2D eigenvalue weighted by Crippen LogP contribution is 2.11. The molecule has 1 aliphatic heterocycles. The Labute approximate surface area is 131 Å². The van der Waals surface area contributed by atoms with E-state index in [9.17, 15) is 9.59 Å². The molecule has 5 nitrogen and oxygen atoms in total. The molecule has 2 amide bonds. The van der Waals surface area contributed by atoms with E-state index in [0.29, 0.717) is 26.2 Å². The van der Waals surface area contributed by atoms with Crippen molar-refractivity contribution in [2.75, 3.05) is 19.7 Å². The summed E-state index contributed by atoms with van der Waals surface area (Å²) >= 11 is 0. The number of benzene rings is 1. The maximum Gasteiger partial charge on any atom is 0.249 e. The molecule has 1 atom stereocenters. The molecule has 1 N–H and O–H groups in total. The molecule has 1 fully saturated rings. The van der Waals surface area contributed by atoms with Crippen LogP contribution in [-0.4, -0.2) is 42.5 Å². The molecule has 22 heavy (non-hydrogen) atoms. The van der Waals surface area contributed by atoms with E-state index < -0.39 is 0 Å². The molecule has 0 radical (unpaired) electrons. The van der Waals surface area contributed by atoms with Gasteiger partial charge in [-0.05, 0) is 25.3 Å². The second kappa shape index (κ2) is 7.94. The molecule has 0 spiro atoms. The Kier molecular flexibility index (Phi) is 5.95. The van der Waals surface area contributed by atoms with Gasteiger partial charge in [0.1, 0.15) is 6.10 Å². The van der Waals surface area contributed by atoms with Crippen molar-refractivity contribution in [3.05, 3.63) is 35.4 Å². The van der Waals surface area contributed by atoms with Gasteiger partial charge in [-0.15, -0.1) is 0 Å². The number of nitrogens with zero attached hydrogens (tertiary/aromatic N) is 1. The van der Waals surface area contributed by atoms with Crippen molar-refractivity contribution in [2.45, 2.75) is 39.3 Å². The van der Waals surface area contributed by atoms with E-state index in [0.717, 1.165) is 18.4 Å². The highest BCUT2D eigenvalue weighted by molar-refractivity contribution is 5.81. The minimum Gasteiger partial charge on any atom is -0.368 e. The Morgan fingerprint density at radius 2 is 2.05 bits per heavy atom. The first-order chi connectivity index (χ1) is 10.6. The molecule has 0 bridgehead atoms. The molecule has 5 heteroatoms. The summed E-state index contributed by atoms with van der Waals surface area (Å²) < 4.78 is 5.33. The number of ether oxygens (including phenoxy) is 1. The van der Waals surface area contributed by atoms with Crippen LogP contribution in [-0.2, 0) is 20.9 Å². The fourth-order valence-electron chi connectivity index (χ4n) is 2.47. The van der Waals surface area contributed by atoms with E-state index in [4.69, 9.17) is 4.74 Å². The predicted octanol–water partition coefficient (Wildman–Crippen LogP) is 1.64. The van der Waals surface area contributed by atoms with Gasteiger partial charge in [0.15, 0.2) is 0 Å². The quantitative estimate of drug-likeness (QED) is 0.869. The maximum absolute atomic E-state index is 11.9. The van der Waals surface area contributed by atoms with Crippen LogP contribution in [0, 0.1) is 6.92 Å². The van der Waals surface area contributed by atoms with Gasteiger partial charge in [-0.2, -0.15) is 0 Å². The largest absolute Gasteiger partial charge is 0.368 e. The average molecular weight is 304 g/mol. The van der Waals surface area contributed by atoms with Crippen molar-refractivity contribution >= 4 is 11.8 Å². The Hall–Kier alpha value is -1.88. The molecule has 1 heterocycles. The van der Waals surface area contributed by atoms with Crippen molar-refractivity contribution in [3.8, 4) is 0 Å². The fraction of sp³-hybridized carbons (Fsp3) is 0.529. The average Bonchev–Trinajstić information content (AvgIpc) is 3.02. The van der Waals surface area contributed by atoms with E-state index in [1.165, 1.54) is 5.56 Å². The highest BCUT2D eigenvalue weighted by Gasteiger charge is 2.23. The first-order valence-corrected chi connectivity index (χ1v) is 7.76. The van der Waals surface area contributed by atoms with Gasteiger partial charge in [0.25, 0.3) is 0 Å². The number of amides is 2. The number of carbonyl (C=O) groups excluding carboxylic acids is 2. The number of hydrogen-bond acceptors (Lipinski definition) is 3. The lowest BCUT2D eigenvalue weighted by atomic mass is 10.1. The van der Waals surface area contributed by atoms with Crippen molar-refractivity contribution in [1.82, 2.24) is 10.2 Å². The smallest absolute Gasteiger partial charge is 0.249 e. The Morgan fingerprint density at radius 3 is 2.64 bits per heavy atom. The number of hydrogen-bond donors (Lipinski definition) is 1. The summed E-state index contributed by atoms with van der Waals surface area (Å²) in [5.74, 6) is -0.0664. The summed E-state index contributed by atoms with van der Waals surface area (Å²) in [5.41, 5.74) is 2.29.